The van der Waals surface area contributed by atoms with Crippen LogP contribution in [-0.4, -0.2) is 29.9 Å². The van der Waals surface area contributed by atoms with Crippen molar-refractivity contribution in [3.8, 4) is 17.2 Å². The molecule has 2 amide bonds. The van der Waals surface area contributed by atoms with Crippen molar-refractivity contribution in [1.82, 2.24) is 4.90 Å². The summed E-state index contributed by atoms with van der Waals surface area (Å²) in [6.45, 7) is 3.45. The maximum absolute atomic E-state index is 12.9. The number of likely N-dealkylation sites (tertiary alicyclic amines) is 1. The van der Waals surface area contributed by atoms with Gasteiger partial charge in [0.05, 0.1) is 18.2 Å². The van der Waals surface area contributed by atoms with Crippen LogP contribution in [0.5, 0.6) is 17.2 Å². The van der Waals surface area contributed by atoms with E-state index in [-0.39, 0.29) is 18.2 Å². The molecular weight excluding hydrogens is 404 g/mol. The molecule has 0 radical (unpaired) electrons. The minimum Gasteiger partial charge on any atom is -0.494 e. The van der Waals surface area contributed by atoms with E-state index >= 15 is 0 Å². The predicted molar refractivity (Wildman–Crippen MR) is 123 cm³/mol. The lowest BCUT2D eigenvalue weighted by molar-refractivity contribution is -0.128. The molecule has 1 aliphatic heterocycles. The number of hydrogen-bond acceptors (Lipinski definition) is 4. The van der Waals surface area contributed by atoms with E-state index in [0.29, 0.717) is 36.9 Å². The second-order valence-electron chi connectivity index (χ2n) is 7.65. The number of ether oxygens (including phenoxy) is 2. The topological polar surface area (TPSA) is 67.9 Å². The first-order chi connectivity index (χ1) is 15.6. The van der Waals surface area contributed by atoms with E-state index in [1.54, 1.807) is 17.0 Å². The molecule has 6 heteroatoms. The summed E-state index contributed by atoms with van der Waals surface area (Å²) in [7, 11) is 0. The van der Waals surface area contributed by atoms with Crippen molar-refractivity contribution >= 4 is 17.5 Å². The standard InChI is InChI=1S/C26H26N2O4/c1-2-31-21-12-14-22(15-13-21)32-24-11-7-6-10-23(24)27-26(30)20-16-25(29)28(18-20)17-19-8-4-3-5-9-19/h3-15,20H,2,16-18H2,1H3,(H,27,30). The van der Waals surface area contributed by atoms with Crippen LogP contribution in [0.25, 0.3) is 0 Å². The van der Waals surface area contributed by atoms with Crippen LogP contribution in [0, 0.1) is 5.92 Å². The highest BCUT2D eigenvalue weighted by Gasteiger charge is 2.34. The number of hydrogen-bond donors (Lipinski definition) is 1. The van der Waals surface area contributed by atoms with Crippen LogP contribution in [0.2, 0.25) is 0 Å². The van der Waals surface area contributed by atoms with Crippen molar-refractivity contribution < 1.29 is 19.1 Å². The summed E-state index contributed by atoms with van der Waals surface area (Å²) in [6, 6.07) is 24.4. The molecule has 4 rings (SSSR count). The number of carbonyl (C=O) groups is 2. The Bertz CT molecular complexity index is 1070. The van der Waals surface area contributed by atoms with Crippen molar-refractivity contribution in [3.05, 3.63) is 84.4 Å². The predicted octanol–water partition coefficient (Wildman–Crippen LogP) is 4.86. The summed E-state index contributed by atoms with van der Waals surface area (Å²) in [6.07, 6.45) is 0.209. The fraction of sp³-hybridized carbons (Fsp3) is 0.231. The van der Waals surface area contributed by atoms with Crippen LogP contribution in [0.4, 0.5) is 5.69 Å². The fourth-order valence-electron chi connectivity index (χ4n) is 3.70. The lowest BCUT2D eigenvalue weighted by atomic mass is 10.1. The molecule has 0 bridgehead atoms. The number of anilines is 1. The van der Waals surface area contributed by atoms with Crippen molar-refractivity contribution in [2.75, 3.05) is 18.5 Å². The minimum absolute atomic E-state index is 0.00655. The molecule has 1 atom stereocenters. The van der Waals surface area contributed by atoms with E-state index in [1.165, 1.54) is 0 Å². The van der Waals surface area contributed by atoms with Gasteiger partial charge in [0.25, 0.3) is 0 Å². The van der Waals surface area contributed by atoms with Crippen LogP contribution in [-0.2, 0) is 16.1 Å². The number of amides is 2. The molecule has 32 heavy (non-hydrogen) atoms. The Kier molecular flexibility index (Phi) is 6.70. The Labute approximate surface area is 187 Å². The highest BCUT2D eigenvalue weighted by Crippen LogP contribution is 2.31. The molecule has 0 aromatic heterocycles. The second-order valence-corrected chi connectivity index (χ2v) is 7.65. The molecule has 0 aliphatic carbocycles. The average Bonchev–Trinajstić information content (AvgIpc) is 3.17. The van der Waals surface area contributed by atoms with Gasteiger partial charge < -0.3 is 19.7 Å². The quantitative estimate of drug-likeness (QED) is 0.554. The monoisotopic (exact) mass is 430 g/mol. The van der Waals surface area contributed by atoms with Gasteiger partial charge in [-0.15, -0.1) is 0 Å². The Hall–Kier alpha value is -3.80. The van der Waals surface area contributed by atoms with Crippen molar-refractivity contribution in [1.29, 1.82) is 0 Å². The average molecular weight is 431 g/mol. The Balaban J connectivity index is 1.40. The molecule has 1 unspecified atom stereocenters. The summed E-state index contributed by atoms with van der Waals surface area (Å²) < 4.78 is 11.4. The molecule has 1 aliphatic rings. The maximum Gasteiger partial charge on any atom is 0.229 e. The van der Waals surface area contributed by atoms with Gasteiger partial charge in [0.15, 0.2) is 5.75 Å². The first-order valence-corrected chi connectivity index (χ1v) is 10.7. The van der Waals surface area contributed by atoms with Crippen LogP contribution >= 0.6 is 0 Å². The zero-order valence-corrected chi connectivity index (χ0v) is 18.0. The van der Waals surface area contributed by atoms with Crippen LogP contribution in [0.3, 0.4) is 0 Å². The molecular formula is C26H26N2O4. The third-order valence-corrected chi connectivity index (χ3v) is 5.31. The molecule has 1 fully saturated rings. The molecule has 6 nitrogen and oxygen atoms in total. The summed E-state index contributed by atoms with van der Waals surface area (Å²) in [5.74, 6) is 1.36. The third kappa shape index (κ3) is 5.27. The van der Waals surface area contributed by atoms with E-state index in [4.69, 9.17) is 9.47 Å². The largest absolute Gasteiger partial charge is 0.494 e. The first kappa shape index (κ1) is 21.4. The van der Waals surface area contributed by atoms with Gasteiger partial charge in [0, 0.05) is 19.5 Å². The number of nitrogens with one attached hydrogen (secondary N) is 1. The van der Waals surface area contributed by atoms with Crippen molar-refractivity contribution in [3.63, 3.8) is 0 Å². The number of benzene rings is 3. The first-order valence-electron chi connectivity index (χ1n) is 10.7. The zero-order valence-electron chi connectivity index (χ0n) is 18.0. The molecule has 1 heterocycles. The summed E-state index contributed by atoms with van der Waals surface area (Å²) in [5, 5.41) is 2.94. The number of nitrogens with zero attached hydrogens (tertiary/aromatic N) is 1. The van der Waals surface area contributed by atoms with Crippen LogP contribution in [0.1, 0.15) is 18.9 Å². The molecule has 0 saturated carbocycles. The molecule has 164 valence electrons. The van der Waals surface area contributed by atoms with Gasteiger partial charge in [-0.3, -0.25) is 9.59 Å². The summed E-state index contributed by atoms with van der Waals surface area (Å²) >= 11 is 0. The van der Waals surface area contributed by atoms with Gasteiger partial charge in [-0.05, 0) is 48.9 Å². The van der Waals surface area contributed by atoms with E-state index in [2.05, 4.69) is 5.32 Å². The molecule has 0 spiro atoms. The fourth-order valence-corrected chi connectivity index (χ4v) is 3.70. The molecule has 3 aromatic rings. The number of carbonyl (C=O) groups excluding carboxylic acids is 2. The van der Waals surface area contributed by atoms with Gasteiger partial charge >= 0.3 is 0 Å². The van der Waals surface area contributed by atoms with Gasteiger partial charge in [0.2, 0.25) is 11.8 Å². The summed E-state index contributed by atoms with van der Waals surface area (Å²) in [4.78, 5) is 27.1. The SMILES string of the molecule is CCOc1ccc(Oc2ccccc2NC(=O)C2CC(=O)N(Cc3ccccc3)C2)cc1. The van der Waals surface area contributed by atoms with E-state index in [9.17, 15) is 9.59 Å². The molecule has 3 aromatic carbocycles. The Morgan fingerprint density at radius 1 is 0.969 bits per heavy atom. The lowest BCUT2D eigenvalue weighted by Gasteiger charge is -2.17. The Morgan fingerprint density at radius 3 is 2.41 bits per heavy atom. The van der Waals surface area contributed by atoms with Gasteiger partial charge in [-0.1, -0.05) is 42.5 Å². The van der Waals surface area contributed by atoms with Gasteiger partial charge in [-0.2, -0.15) is 0 Å². The van der Waals surface area contributed by atoms with Crippen molar-refractivity contribution in [2.45, 2.75) is 19.9 Å². The molecule has 1 saturated heterocycles. The van der Waals surface area contributed by atoms with Gasteiger partial charge in [0.1, 0.15) is 11.5 Å². The van der Waals surface area contributed by atoms with E-state index in [1.807, 2.05) is 73.7 Å². The normalized spacial score (nSPS) is 15.5. The minimum atomic E-state index is -0.398. The van der Waals surface area contributed by atoms with Crippen LogP contribution in [0.15, 0.2) is 78.9 Å². The Morgan fingerprint density at radius 2 is 1.66 bits per heavy atom. The van der Waals surface area contributed by atoms with E-state index < -0.39 is 5.92 Å². The molecule has 1 N–H and O–H groups in total. The smallest absolute Gasteiger partial charge is 0.229 e. The number of rotatable bonds is 8. The maximum atomic E-state index is 12.9. The highest BCUT2D eigenvalue weighted by atomic mass is 16.5. The second kappa shape index (κ2) is 10.0. The number of para-hydroxylation sites is 2. The van der Waals surface area contributed by atoms with E-state index in [0.717, 1.165) is 11.3 Å². The lowest BCUT2D eigenvalue weighted by Crippen LogP contribution is -2.28. The summed E-state index contributed by atoms with van der Waals surface area (Å²) in [5.41, 5.74) is 1.62. The zero-order chi connectivity index (χ0) is 22.3. The van der Waals surface area contributed by atoms with Gasteiger partial charge in [-0.25, -0.2) is 0 Å². The van der Waals surface area contributed by atoms with Crippen molar-refractivity contribution in [2.24, 2.45) is 5.92 Å². The highest BCUT2D eigenvalue weighted by molar-refractivity contribution is 5.98. The third-order valence-electron chi connectivity index (χ3n) is 5.31. The van der Waals surface area contributed by atoms with Crippen LogP contribution < -0.4 is 14.8 Å².